The Hall–Kier alpha value is -2.15. The van der Waals surface area contributed by atoms with Crippen molar-refractivity contribution in [1.29, 1.82) is 0 Å². The van der Waals surface area contributed by atoms with E-state index in [9.17, 15) is 22.8 Å². The molecular formula is C17H12BrF3O3. The van der Waals surface area contributed by atoms with Crippen LogP contribution >= 0.6 is 15.9 Å². The summed E-state index contributed by atoms with van der Waals surface area (Å²) in [6.07, 6.45) is 0.347. The zero-order chi connectivity index (χ0) is 17.9. The average Bonchev–Trinajstić information content (AvgIpc) is 2.56. The summed E-state index contributed by atoms with van der Waals surface area (Å²) in [5, 5.41) is 0. The van der Waals surface area contributed by atoms with E-state index in [0.717, 1.165) is 6.07 Å². The van der Waals surface area contributed by atoms with E-state index in [1.54, 1.807) is 6.92 Å². The predicted octanol–water partition coefficient (Wildman–Crippen LogP) is 4.82. The number of carbonyl (C=O) groups is 2. The third-order valence-electron chi connectivity index (χ3n) is 3.31. The molecule has 0 aliphatic heterocycles. The summed E-state index contributed by atoms with van der Waals surface area (Å²) >= 11 is 2.95. The third kappa shape index (κ3) is 4.03. The number of halogens is 4. The Balaban J connectivity index is 2.31. The standard InChI is InChI=1S/C17H12BrF3O3/c1-2-9-7-10(4-6-14(9)24-17(20)21)15(22)16(23)11-3-5-13(19)12(18)8-11/h3-8,17H,2H2,1H3. The van der Waals surface area contributed by atoms with Gasteiger partial charge >= 0.3 is 6.61 Å². The van der Waals surface area contributed by atoms with Crippen LogP contribution in [0.4, 0.5) is 13.2 Å². The molecule has 0 atom stereocenters. The molecule has 0 amide bonds. The molecule has 2 aromatic rings. The highest BCUT2D eigenvalue weighted by Crippen LogP contribution is 2.24. The SMILES string of the molecule is CCc1cc(C(=O)C(=O)c2ccc(F)c(Br)c2)ccc1OC(F)F. The minimum atomic E-state index is -2.98. The number of benzene rings is 2. The Bertz CT molecular complexity index is 791. The van der Waals surface area contributed by atoms with Crippen molar-refractivity contribution >= 4 is 27.5 Å². The maximum Gasteiger partial charge on any atom is 0.387 e. The number of Topliss-reactive ketones (excluding diaryl/α,β-unsaturated/α-hetero) is 2. The van der Waals surface area contributed by atoms with Crippen LogP contribution in [0.1, 0.15) is 33.2 Å². The molecule has 0 aliphatic carbocycles. The van der Waals surface area contributed by atoms with Crippen LogP contribution in [-0.2, 0) is 6.42 Å². The molecule has 0 spiro atoms. The van der Waals surface area contributed by atoms with Gasteiger partial charge in [0.15, 0.2) is 0 Å². The van der Waals surface area contributed by atoms with Gasteiger partial charge in [0.05, 0.1) is 4.47 Å². The lowest BCUT2D eigenvalue weighted by atomic mass is 9.99. The first kappa shape index (κ1) is 18.2. The molecule has 0 N–H and O–H groups in total. The first-order valence-electron chi connectivity index (χ1n) is 6.95. The molecule has 0 radical (unpaired) electrons. The lowest BCUT2D eigenvalue weighted by Crippen LogP contribution is -2.15. The minimum Gasteiger partial charge on any atom is -0.435 e. The molecule has 0 saturated carbocycles. The lowest BCUT2D eigenvalue weighted by Gasteiger charge is -2.11. The summed E-state index contributed by atoms with van der Waals surface area (Å²) in [7, 11) is 0. The molecule has 0 aliphatic rings. The molecule has 0 bridgehead atoms. The molecule has 0 heterocycles. The monoisotopic (exact) mass is 400 g/mol. The van der Waals surface area contributed by atoms with E-state index in [-0.39, 0.29) is 21.3 Å². The molecule has 24 heavy (non-hydrogen) atoms. The van der Waals surface area contributed by atoms with Crippen molar-refractivity contribution in [2.24, 2.45) is 0 Å². The van der Waals surface area contributed by atoms with Crippen LogP contribution < -0.4 is 4.74 Å². The molecule has 7 heteroatoms. The van der Waals surface area contributed by atoms with E-state index in [2.05, 4.69) is 20.7 Å². The summed E-state index contributed by atoms with van der Waals surface area (Å²) in [5.74, 6) is -2.23. The van der Waals surface area contributed by atoms with Crippen molar-refractivity contribution < 1.29 is 27.5 Å². The van der Waals surface area contributed by atoms with E-state index in [1.165, 1.54) is 30.3 Å². The van der Waals surface area contributed by atoms with Crippen LogP contribution in [0.5, 0.6) is 5.75 Å². The number of hydrogen-bond acceptors (Lipinski definition) is 3. The van der Waals surface area contributed by atoms with Gasteiger partial charge < -0.3 is 4.74 Å². The van der Waals surface area contributed by atoms with E-state index in [0.29, 0.717) is 12.0 Å². The van der Waals surface area contributed by atoms with Crippen molar-refractivity contribution in [2.75, 3.05) is 0 Å². The largest absolute Gasteiger partial charge is 0.435 e. The van der Waals surface area contributed by atoms with Gasteiger partial charge in [-0.3, -0.25) is 9.59 Å². The van der Waals surface area contributed by atoms with Crippen LogP contribution in [0, 0.1) is 5.82 Å². The van der Waals surface area contributed by atoms with Crippen molar-refractivity contribution in [3.8, 4) is 5.75 Å². The maximum atomic E-state index is 13.2. The molecule has 2 aromatic carbocycles. The van der Waals surface area contributed by atoms with Gasteiger partial charge in [-0.15, -0.1) is 0 Å². The van der Waals surface area contributed by atoms with Gasteiger partial charge in [-0.2, -0.15) is 8.78 Å². The molecule has 0 saturated heterocycles. The Morgan fingerprint density at radius 1 is 1.08 bits per heavy atom. The highest BCUT2D eigenvalue weighted by Gasteiger charge is 2.21. The van der Waals surface area contributed by atoms with E-state index in [4.69, 9.17) is 0 Å². The fraction of sp³-hybridized carbons (Fsp3) is 0.176. The van der Waals surface area contributed by atoms with Crippen molar-refractivity contribution in [2.45, 2.75) is 20.0 Å². The quantitative estimate of drug-likeness (QED) is 0.515. The second-order valence-electron chi connectivity index (χ2n) is 4.84. The Kier molecular flexibility index (Phi) is 5.77. The van der Waals surface area contributed by atoms with Crippen LogP contribution in [0.2, 0.25) is 0 Å². The number of ether oxygens (including phenoxy) is 1. The van der Waals surface area contributed by atoms with Crippen LogP contribution in [-0.4, -0.2) is 18.2 Å². The predicted molar refractivity (Wildman–Crippen MR) is 85.2 cm³/mol. The van der Waals surface area contributed by atoms with Crippen LogP contribution in [0.3, 0.4) is 0 Å². The number of hydrogen-bond donors (Lipinski definition) is 0. The summed E-state index contributed by atoms with van der Waals surface area (Å²) in [6, 6.07) is 7.31. The Labute approximate surface area is 144 Å². The molecule has 0 unspecified atom stereocenters. The number of aryl methyl sites for hydroxylation is 1. The number of rotatable bonds is 6. The second-order valence-corrected chi connectivity index (χ2v) is 5.70. The first-order valence-corrected chi connectivity index (χ1v) is 7.74. The molecule has 2 rings (SSSR count). The summed E-state index contributed by atoms with van der Waals surface area (Å²) in [6.45, 7) is -1.27. The Morgan fingerprint density at radius 3 is 2.21 bits per heavy atom. The molecule has 3 nitrogen and oxygen atoms in total. The van der Waals surface area contributed by atoms with Gasteiger partial charge in [-0.25, -0.2) is 4.39 Å². The smallest absolute Gasteiger partial charge is 0.387 e. The second kappa shape index (κ2) is 7.61. The van der Waals surface area contributed by atoms with Gasteiger partial charge in [-0.05, 0) is 64.3 Å². The van der Waals surface area contributed by atoms with E-state index >= 15 is 0 Å². The average molecular weight is 401 g/mol. The molecule has 0 aromatic heterocycles. The van der Waals surface area contributed by atoms with Gasteiger partial charge in [0.2, 0.25) is 11.6 Å². The van der Waals surface area contributed by atoms with E-state index < -0.39 is 24.0 Å². The number of alkyl halides is 2. The topological polar surface area (TPSA) is 43.4 Å². The molecular weight excluding hydrogens is 389 g/mol. The molecule has 0 fully saturated rings. The normalized spacial score (nSPS) is 10.8. The summed E-state index contributed by atoms with van der Waals surface area (Å²) in [4.78, 5) is 24.5. The zero-order valence-corrected chi connectivity index (χ0v) is 14.1. The summed E-state index contributed by atoms with van der Waals surface area (Å²) < 4.78 is 42.3. The lowest BCUT2D eigenvalue weighted by molar-refractivity contribution is -0.0504. The highest BCUT2D eigenvalue weighted by atomic mass is 79.9. The van der Waals surface area contributed by atoms with Crippen molar-refractivity contribution in [1.82, 2.24) is 0 Å². The molecule has 126 valence electrons. The fourth-order valence-electron chi connectivity index (χ4n) is 2.11. The van der Waals surface area contributed by atoms with Crippen molar-refractivity contribution in [3.63, 3.8) is 0 Å². The first-order chi connectivity index (χ1) is 11.3. The van der Waals surface area contributed by atoms with Crippen LogP contribution in [0.15, 0.2) is 40.9 Å². The van der Waals surface area contributed by atoms with Gasteiger partial charge in [0.1, 0.15) is 11.6 Å². The van der Waals surface area contributed by atoms with Gasteiger partial charge in [-0.1, -0.05) is 6.92 Å². The fourth-order valence-corrected chi connectivity index (χ4v) is 2.49. The van der Waals surface area contributed by atoms with E-state index in [1.807, 2.05) is 0 Å². The van der Waals surface area contributed by atoms with Crippen molar-refractivity contribution in [3.05, 3.63) is 63.4 Å². The number of ketones is 2. The summed E-state index contributed by atoms with van der Waals surface area (Å²) in [5.41, 5.74) is 0.465. The van der Waals surface area contributed by atoms with Crippen LogP contribution in [0.25, 0.3) is 0 Å². The van der Waals surface area contributed by atoms with Gasteiger partial charge in [0, 0.05) is 11.1 Å². The zero-order valence-electron chi connectivity index (χ0n) is 12.5. The highest BCUT2D eigenvalue weighted by molar-refractivity contribution is 9.10. The Morgan fingerprint density at radius 2 is 1.67 bits per heavy atom. The minimum absolute atomic E-state index is 0.0271. The number of carbonyl (C=O) groups excluding carboxylic acids is 2. The maximum absolute atomic E-state index is 13.2. The van der Waals surface area contributed by atoms with Gasteiger partial charge in [0.25, 0.3) is 0 Å². The third-order valence-corrected chi connectivity index (χ3v) is 3.92.